The van der Waals surface area contributed by atoms with Crippen LogP contribution in [0.1, 0.15) is 37.9 Å². The standard InChI is InChI=1S/C14H18N4O2/c1-14(2,3)20-13(19)16-12-10-7-5-4-6-9(10)8-11(12)17-18-15/h4-7,11-12H,8H2,1-3H3,(H,16,19)/t11?,12-/m0/s1. The molecule has 0 aromatic heterocycles. The van der Waals surface area contributed by atoms with Crippen LogP contribution in [0, 0.1) is 0 Å². The lowest BCUT2D eigenvalue weighted by Gasteiger charge is -2.23. The number of benzene rings is 1. The van der Waals surface area contributed by atoms with Crippen LogP contribution in [0.15, 0.2) is 29.4 Å². The van der Waals surface area contributed by atoms with Crippen LogP contribution in [0.3, 0.4) is 0 Å². The molecule has 0 heterocycles. The van der Waals surface area contributed by atoms with Crippen LogP contribution in [-0.4, -0.2) is 17.7 Å². The van der Waals surface area contributed by atoms with Gasteiger partial charge in [0.15, 0.2) is 0 Å². The first-order valence-corrected chi connectivity index (χ1v) is 6.52. The van der Waals surface area contributed by atoms with Crippen LogP contribution >= 0.6 is 0 Å². The molecule has 1 unspecified atom stereocenters. The molecule has 2 rings (SSSR count). The van der Waals surface area contributed by atoms with Gasteiger partial charge in [0.1, 0.15) is 5.60 Å². The van der Waals surface area contributed by atoms with Crippen molar-refractivity contribution in [3.8, 4) is 0 Å². The second kappa shape index (κ2) is 5.43. The second-order valence-corrected chi connectivity index (χ2v) is 5.80. The molecule has 1 N–H and O–H groups in total. The summed E-state index contributed by atoms with van der Waals surface area (Å²) < 4.78 is 5.26. The van der Waals surface area contributed by atoms with Gasteiger partial charge in [-0.05, 0) is 43.9 Å². The van der Waals surface area contributed by atoms with Crippen molar-refractivity contribution in [2.24, 2.45) is 5.11 Å². The number of fused-ring (bicyclic) bond motifs is 1. The summed E-state index contributed by atoms with van der Waals surface area (Å²) in [6.45, 7) is 5.42. The molecule has 0 bridgehead atoms. The molecule has 6 heteroatoms. The summed E-state index contributed by atoms with van der Waals surface area (Å²) in [5.41, 5.74) is 10.2. The second-order valence-electron chi connectivity index (χ2n) is 5.80. The molecular formula is C14H18N4O2. The normalized spacial score (nSPS) is 20.8. The largest absolute Gasteiger partial charge is 0.444 e. The van der Waals surface area contributed by atoms with Crippen molar-refractivity contribution in [2.45, 2.75) is 44.9 Å². The van der Waals surface area contributed by atoms with Crippen molar-refractivity contribution in [1.29, 1.82) is 0 Å². The number of nitrogens with one attached hydrogen (secondary N) is 1. The number of amides is 1. The highest BCUT2D eigenvalue weighted by Crippen LogP contribution is 2.33. The summed E-state index contributed by atoms with van der Waals surface area (Å²) in [6.07, 6.45) is 0.123. The van der Waals surface area contributed by atoms with Gasteiger partial charge < -0.3 is 10.1 Å². The highest BCUT2D eigenvalue weighted by atomic mass is 16.6. The van der Waals surface area contributed by atoms with Crippen molar-refractivity contribution in [2.75, 3.05) is 0 Å². The lowest BCUT2D eigenvalue weighted by atomic mass is 10.1. The van der Waals surface area contributed by atoms with Gasteiger partial charge in [-0.1, -0.05) is 29.4 Å². The Bertz CT molecular complexity index is 559. The van der Waals surface area contributed by atoms with Gasteiger partial charge in [0.05, 0.1) is 12.1 Å². The minimum atomic E-state index is -0.559. The first kappa shape index (κ1) is 14.2. The van der Waals surface area contributed by atoms with E-state index in [0.717, 1.165) is 11.1 Å². The fraction of sp³-hybridized carbons (Fsp3) is 0.500. The van der Waals surface area contributed by atoms with E-state index < -0.39 is 11.7 Å². The molecule has 1 amide bonds. The molecule has 0 saturated heterocycles. The number of carbonyl (C=O) groups excluding carboxylic acids is 1. The molecule has 106 valence electrons. The van der Waals surface area contributed by atoms with Gasteiger partial charge in [0.2, 0.25) is 0 Å². The first-order chi connectivity index (χ1) is 9.40. The molecule has 0 radical (unpaired) electrons. The maximum Gasteiger partial charge on any atom is 0.408 e. The monoisotopic (exact) mass is 274 g/mol. The van der Waals surface area contributed by atoms with E-state index in [-0.39, 0.29) is 12.1 Å². The number of rotatable bonds is 2. The number of hydrogen-bond donors (Lipinski definition) is 1. The number of hydrogen-bond acceptors (Lipinski definition) is 3. The van der Waals surface area contributed by atoms with Crippen LogP contribution in [0.5, 0.6) is 0 Å². The molecule has 0 spiro atoms. The Morgan fingerprint density at radius 1 is 1.45 bits per heavy atom. The van der Waals surface area contributed by atoms with Crippen LogP contribution in [0.25, 0.3) is 10.4 Å². The molecule has 1 aromatic carbocycles. The van der Waals surface area contributed by atoms with E-state index in [1.54, 1.807) is 20.8 Å². The van der Waals surface area contributed by atoms with Crippen LogP contribution < -0.4 is 5.32 Å². The van der Waals surface area contributed by atoms with Crippen molar-refractivity contribution in [3.63, 3.8) is 0 Å². The van der Waals surface area contributed by atoms with Crippen LogP contribution in [0.4, 0.5) is 4.79 Å². The summed E-state index contributed by atoms with van der Waals surface area (Å²) in [5, 5.41) is 6.58. The molecule has 0 saturated carbocycles. The lowest BCUT2D eigenvalue weighted by molar-refractivity contribution is 0.0499. The van der Waals surface area contributed by atoms with Gasteiger partial charge in [-0.25, -0.2) is 4.79 Å². The number of azide groups is 1. The minimum absolute atomic E-state index is 0.315. The van der Waals surface area contributed by atoms with E-state index in [1.165, 1.54) is 0 Å². The molecule has 2 atom stereocenters. The lowest BCUT2D eigenvalue weighted by Crippen LogP contribution is -2.37. The predicted molar refractivity (Wildman–Crippen MR) is 75.2 cm³/mol. The Morgan fingerprint density at radius 2 is 2.15 bits per heavy atom. The zero-order valence-corrected chi connectivity index (χ0v) is 11.8. The third-order valence-corrected chi connectivity index (χ3v) is 3.08. The Morgan fingerprint density at radius 3 is 2.80 bits per heavy atom. The highest BCUT2D eigenvalue weighted by Gasteiger charge is 2.33. The fourth-order valence-corrected chi connectivity index (χ4v) is 2.36. The van der Waals surface area contributed by atoms with Gasteiger partial charge in [-0.2, -0.15) is 0 Å². The summed E-state index contributed by atoms with van der Waals surface area (Å²) in [6, 6.07) is 7.10. The van der Waals surface area contributed by atoms with E-state index in [0.29, 0.717) is 6.42 Å². The first-order valence-electron chi connectivity index (χ1n) is 6.52. The van der Waals surface area contributed by atoms with Crippen molar-refractivity contribution in [3.05, 3.63) is 45.8 Å². The predicted octanol–water partition coefficient (Wildman–Crippen LogP) is 3.49. The number of carbonyl (C=O) groups is 1. The Labute approximate surface area is 117 Å². The maximum absolute atomic E-state index is 11.9. The average molecular weight is 274 g/mol. The number of alkyl carbamates (subject to hydrolysis) is 1. The Kier molecular flexibility index (Phi) is 3.86. The number of ether oxygens (including phenoxy) is 1. The molecule has 1 aliphatic rings. The van der Waals surface area contributed by atoms with Gasteiger partial charge in [0.25, 0.3) is 0 Å². The summed E-state index contributed by atoms with van der Waals surface area (Å²) in [5.74, 6) is 0. The van der Waals surface area contributed by atoms with Crippen LogP contribution in [-0.2, 0) is 11.2 Å². The third kappa shape index (κ3) is 3.22. The Balaban J connectivity index is 2.19. The van der Waals surface area contributed by atoms with E-state index >= 15 is 0 Å². The molecule has 6 nitrogen and oxygen atoms in total. The van der Waals surface area contributed by atoms with E-state index in [2.05, 4.69) is 15.3 Å². The van der Waals surface area contributed by atoms with Gasteiger partial charge in [0, 0.05) is 4.91 Å². The van der Waals surface area contributed by atoms with E-state index in [9.17, 15) is 4.79 Å². The molecular weight excluding hydrogens is 256 g/mol. The van der Waals surface area contributed by atoms with Crippen molar-refractivity contribution >= 4 is 6.09 Å². The number of nitrogens with zero attached hydrogens (tertiary/aromatic N) is 3. The van der Waals surface area contributed by atoms with Gasteiger partial charge in [-0.3, -0.25) is 0 Å². The third-order valence-electron chi connectivity index (χ3n) is 3.08. The zero-order chi connectivity index (χ0) is 14.8. The molecule has 1 aromatic rings. The minimum Gasteiger partial charge on any atom is -0.444 e. The topological polar surface area (TPSA) is 87.1 Å². The molecule has 20 heavy (non-hydrogen) atoms. The smallest absolute Gasteiger partial charge is 0.408 e. The van der Waals surface area contributed by atoms with Crippen molar-refractivity contribution in [1.82, 2.24) is 5.32 Å². The molecule has 0 aliphatic heterocycles. The zero-order valence-electron chi connectivity index (χ0n) is 11.8. The summed E-state index contributed by atoms with van der Waals surface area (Å²) >= 11 is 0. The van der Waals surface area contributed by atoms with E-state index in [1.807, 2.05) is 24.3 Å². The highest BCUT2D eigenvalue weighted by molar-refractivity contribution is 5.69. The summed E-state index contributed by atoms with van der Waals surface area (Å²) in [4.78, 5) is 14.8. The van der Waals surface area contributed by atoms with Crippen LogP contribution in [0.2, 0.25) is 0 Å². The molecule has 1 aliphatic carbocycles. The van der Waals surface area contributed by atoms with Gasteiger partial charge in [-0.15, -0.1) is 0 Å². The van der Waals surface area contributed by atoms with Crippen molar-refractivity contribution < 1.29 is 9.53 Å². The fourth-order valence-electron chi connectivity index (χ4n) is 2.36. The van der Waals surface area contributed by atoms with E-state index in [4.69, 9.17) is 10.3 Å². The Hall–Kier alpha value is -2.20. The quantitative estimate of drug-likeness (QED) is 0.508. The SMILES string of the molecule is CC(C)(C)OC(=O)N[C@H]1c2ccccc2CC1N=[N+]=[N-]. The molecule has 0 fully saturated rings. The summed E-state index contributed by atoms with van der Waals surface area (Å²) in [7, 11) is 0. The maximum atomic E-state index is 11.9. The van der Waals surface area contributed by atoms with Gasteiger partial charge >= 0.3 is 6.09 Å². The average Bonchev–Trinajstić information content (AvgIpc) is 2.66.